The van der Waals surface area contributed by atoms with Crippen LogP contribution in [0.3, 0.4) is 0 Å². The zero-order valence-corrected chi connectivity index (χ0v) is 12.9. The molecule has 1 N–H and O–H groups in total. The molecule has 90 valence electrons. The molecule has 0 radical (unpaired) electrons. The summed E-state index contributed by atoms with van der Waals surface area (Å²) in [5, 5.41) is 11.8. The number of benzene rings is 1. The van der Waals surface area contributed by atoms with E-state index in [0.29, 0.717) is 20.6 Å². The van der Waals surface area contributed by atoms with Crippen LogP contribution in [0.2, 0.25) is 15.1 Å². The average Bonchev–Trinajstić information content (AvgIpc) is 2.57. The maximum Gasteiger partial charge on any atom is 0.113 e. The second kappa shape index (κ2) is 5.47. The zero-order chi connectivity index (χ0) is 12.6. The smallest absolute Gasteiger partial charge is 0.113 e. The van der Waals surface area contributed by atoms with Crippen LogP contribution in [0.15, 0.2) is 28.1 Å². The minimum Gasteiger partial charge on any atom is -0.383 e. The third-order valence-electron chi connectivity index (χ3n) is 2.13. The molecule has 2 aromatic rings. The molecule has 2 rings (SSSR count). The van der Waals surface area contributed by atoms with Crippen molar-refractivity contribution in [1.29, 1.82) is 0 Å². The van der Waals surface area contributed by atoms with Crippen molar-refractivity contribution in [2.75, 3.05) is 0 Å². The Morgan fingerprint density at radius 3 is 2.12 bits per heavy atom. The Bertz CT molecular complexity index is 516. The van der Waals surface area contributed by atoms with Crippen molar-refractivity contribution in [3.8, 4) is 0 Å². The minimum absolute atomic E-state index is 0.494. The highest BCUT2D eigenvalue weighted by Gasteiger charge is 2.16. The van der Waals surface area contributed by atoms with Crippen molar-refractivity contribution in [1.82, 2.24) is 0 Å². The Hall–Kier alpha value is 0.230. The molecule has 1 nitrogen and oxygen atoms in total. The summed E-state index contributed by atoms with van der Waals surface area (Å²) in [6, 6.07) is 6.70. The zero-order valence-electron chi connectivity index (χ0n) is 8.25. The van der Waals surface area contributed by atoms with Gasteiger partial charge in [-0.3, -0.25) is 0 Å². The third kappa shape index (κ3) is 3.16. The van der Waals surface area contributed by atoms with Gasteiger partial charge in [0.05, 0.1) is 8.81 Å². The Balaban J connectivity index is 2.39. The second-order valence-electron chi connectivity index (χ2n) is 3.38. The molecule has 1 aromatic heterocycles. The monoisotopic (exact) mass is 370 g/mol. The molecular weight excluding hydrogens is 366 g/mol. The van der Waals surface area contributed by atoms with Crippen LogP contribution in [0.5, 0.6) is 0 Å². The van der Waals surface area contributed by atoms with Gasteiger partial charge in [0.1, 0.15) is 6.10 Å². The number of hydrogen-bond donors (Lipinski definition) is 1. The van der Waals surface area contributed by atoms with E-state index in [-0.39, 0.29) is 0 Å². The molecular formula is C11H6BrCl3OS. The Morgan fingerprint density at radius 1 is 1.06 bits per heavy atom. The SMILES string of the molecule is OC(c1cc(Cl)cc(Cl)c1)c1cc(Cl)c(Br)s1. The molecule has 17 heavy (non-hydrogen) atoms. The van der Waals surface area contributed by atoms with Crippen molar-refractivity contribution in [3.05, 3.63) is 53.6 Å². The summed E-state index contributed by atoms with van der Waals surface area (Å²) < 4.78 is 0.793. The fourth-order valence-corrected chi connectivity index (χ4v) is 3.70. The molecule has 0 aliphatic carbocycles. The highest BCUT2D eigenvalue weighted by molar-refractivity contribution is 9.11. The van der Waals surface area contributed by atoms with Gasteiger partial charge in [-0.2, -0.15) is 0 Å². The van der Waals surface area contributed by atoms with Crippen LogP contribution in [-0.2, 0) is 0 Å². The number of hydrogen-bond acceptors (Lipinski definition) is 2. The van der Waals surface area contributed by atoms with Crippen molar-refractivity contribution in [2.45, 2.75) is 6.10 Å². The summed E-state index contributed by atoms with van der Waals surface area (Å²) >= 11 is 22.4. The topological polar surface area (TPSA) is 20.2 Å². The van der Waals surface area contributed by atoms with Crippen molar-refractivity contribution in [2.24, 2.45) is 0 Å². The predicted molar refractivity (Wildman–Crippen MR) is 77.6 cm³/mol. The third-order valence-corrected chi connectivity index (χ3v) is 5.10. The van der Waals surface area contributed by atoms with Crippen LogP contribution in [0.1, 0.15) is 16.5 Å². The fourth-order valence-electron chi connectivity index (χ4n) is 1.40. The van der Waals surface area contributed by atoms with E-state index in [1.54, 1.807) is 24.3 Å². The minimum atomic E-state index is -0.778. The summed E-state index contributed by atoms with van der Waals surface area (Å²) in [5.41, 5.74) is 0.646. The molecule has 0 saturated heterocycles. The molecule has 1 aromatic carbocycles. The van der Waals surface area contributed by atoms with Crippen molar-refractivity contribution >= 4 is 62.1 Å². The normalized spacial score (nSPS) is 12.8. The van der Waals surface area contributed by atoms with E-state index in [4.69, 9.17) is 34.8 Å². The molecule has 1 heterocycles. The quantitative estimate of drug-likeness (QED) is 0.732. The van der Waals surface area contributed by atoms with E-state index in [2.05, 4.69) is 15.9 Å². The fraction of sp³-hybridized carbons (Fsp3) is 0.0909. The molecule has 0 aliphatic heterocycles. The lowest BCUT2D eigenvalue weighted by atomic mass is 10.1. The van der Waals surface area contributed by atoms with E-state index in [0.717, 1.165) is 8.66 Å². The van der Waals surface area contributed by atoms with Crippen LogP contribution in [0, 0.1) is 0 Å². The average molecular weight is 372 g/mol. The number of thiophene rings is 1. The Kier molecular flexibility index (Phi) is 4.40. The largest absolute Gasteiger partial charge is 0.383 e. The predicted octanol–water partition coefficient (Wildman–Crippen LogP) is 5.55. The van der Waals surface area contributed by atoms with Crippen molar-refractivity contribution < 1.29 is 5.11 Å². The summed E-state index contributed by atoms with van der Waals surface area (Å²) in [5.74, 6) is 0. The first-order chi connectivity index (χ1) is 7.97. The molecule has 1 atom stereocenters. The first-order valence-electron chi connectivity index (χ1n) is 4.56. The lowest BCUT2D eigenvalue weighted by Crippen LogP contribution is -1.96. The van der Waals surface area contributed by atoms with Gasteiger partial charge in [-0.05, 0) is 45.8 Å². The standard InChI is InChI=1S/C11H6BrCl3OS/c12-11-8(15)4-9(17-11)10(16)5-1-6(13)3-7(14)2-5/h1-4,10,16H. The molecule has 0 bridgehead atoms. The molecule has 0 aliphatic rings. The van der Waals surface area contributed by atoms with Crippen LogP contribution in [0.25, 0.3) is 0 Å². The lowest BCUT2D eigenvalue weighted by molar-refractivity contribution is 0.224. The van der Waals surface area contributed by atoms with E-state index < -0.39 is 6.10 Å². The van der Waals surface area contributed by atoms with Gasteiger partial charge in [-0.1, -0.05) is 34.8 Å². The summed E-state index contributed by atoms with van der Waals surface area (Å²) in [7, 11) is 0. The molecule has 0 fully saturated rings. The Labute approximate surface area is 126 Å². The van der Waals surface area contributed by atoms with Gasteiger partial charge < -0.3 is 5.11 Å². The van der Waals surface area contributed by atoms with Gasteiger partial charge >= 0.3 is 0 Å². The summed E-state index contributed by atoms with van der Waals surface area (Å²) in [6.07, 6.45) is -0.778. The van der Waals surface area contributed by atoms with Crippen LogP contribution in [-0.4, -0.2) is 5.11 Å². The van der Waals surface area contributed by atoms with E-state index in [1.165, 1.54) is 11.3 Å². The number of rotatable bonds is 2. The lowest BCUT2D eigenvalue weighted by Gasteiger charge is -2.09. The highest BCUT2D eigenvalue weighted by Crippen LogP contribution is 2.38. The van der Waals surface area contributed by atoms with Crippen molar-refractivity contribution in [3.63, 3.8) is 0 Å². The molecule has 1 unspecified atom stereocenters. The van der Waals surface area contributed by atoms with Gasteiger partial charge in [-0.15, -0.1) is 11.3 Å². The maximum atomic E-state index is 10.2. The number of aliphatic hydroxyl groups is 1. The van der Waals surface area contributed by atoms with Gasteiger partial charge in [0, 0.05) is 14.9 Å². The second-order valence-corrected chi connectivity index (χ2v) is 7.06. The first-order valence-corrected chi connectivity index (χ1v) is 7.30. The molecule has 6 heteroatoms. The molecule has 0 spiro atoms. The van der Waals surface area contributed by atoms with Crippen LogP contribution >= 0.6 is 62.1 Å². The van der Waals surface area contributed by atoms with Crippen LogP contribution in [0.4, 0.5) is 0 Å². The van der Waals surface area contributed by atoms with Gasteiger partial charge in [0.25, 0.3) is 0 Å². The highest BCUT2D eigenvalue weighted by atomic mass is 79.9. The van der Waals surface area contributed by atoms with E-state index in [1.807, 2.05) is 0 Å². The Morgan fingerprint density at radius 2 is 1.65 bits per heavy atom. The maximum absolute atomic E-state index is 10.2. The number of aliphatic hydroxyl groups excluding tert-OH is 1. The molecule has 0 saturated carbocycles. The van der Waals surface area contributed by atoms with E-state index >= 15 is 0 Å². The summed E-state index contributed by atoms with van der Waals surface area (Å²) in [6.45, 7) is 0. The molecule has 0 amide bonds. The summed E-state index contributed by atoms with van der Waals surface area (Å²) in [4.78, 5) is 0.736. The van der Waals surface area contributed by atoms with Gasteiger partial charge in [-0.25, -0.2) is 0 Å². The van der Waals surface area contributed by atoms with Gasteiger partial charge in [0.15, 0.2) is 0 Å². The first kappa shape index (κ1) is 13.7. The van der Waals surface area contributed by atoms with Gasteiger partial charge in [0.2, 0.25) is 0 Å². The van der Waals surface area contributed by atoms with E-state index in [9.17, 15) is 5.11 Å². The van der Waals surface area contributed by atoms with Crippen LogP contribution < -0.4 is 0 Å². The number of halogens is 4.